The maximum atomic E-state index is 5.50. The average molecular weight is 465 g/mol. The Morgan fingerprint density at radius 1 is 0.657 bits per heavy atom. The van der Waals surface area contributed by atoms with Crippen molar-refractivity contribution in [2.45, 2.75) is 58.5 Å². The Bertz CT molecular complexity index is 1040. The van der Waals surface area contributed by atoms with E-state index in [1.54, 1.807) is 6.08 Å². The van der Waals surface area contributed by atoms with Gasteiger partial charge in [-0.3, -0.25) is 0 Å². The second-order valence-corrected chi connectivity index (χ2v) is 9.10. The topological polar surface area (TPSA) is 9.23 Å². The Labute approximate surface area is 212 Å². The lowest BCUT2D eigenvalue weighted by Gasteiger charge is -2.06. The minimum absolute atomic E-state index is 0.603. The molecule has 0 unspecified atom stereocenters. The number of allylic oxidation sites excluding steroid dienone is 3. The molecule has 0 aliphatic heterocycles. The summed E-state index contributed by atoms with van der Waals surface area (Å²) in [7, 11) is 0. The van der Waals surface area contributed by atoms with Gasteiger partial charge in [-0.15, -0.1) is 6.58 Å². The second-order valence-electron chi connectivity index (χ2n) is 9.10. The normalized spacial score (nSPS) is 11.5. The fourth-order valence-electron chi connectivity index (χ4n) is 4.08. The fourth-order valence-corrected chi connectivity index (χ4v) is 4.08. The minimum atomic E-state index is 0.603. The molecule has 0 saturated carbocycles. The lowest BCUT2D eigenvalue weighted by Crippen LogP contribution is -1.94. The zero-order chi connectivity index (χ0) is 24.6. The van der Waals surface area contributed by atoms with Crippen LogP contribution in [-0.4, -0.2) is 6.61 Å². The number of hydrogen-bond acceptors (Lipinski definition) is 1. The lowest BCUT2D eigenvalue weighted by molar-refractivity contribution is 0.149. The van der Waals surface area contributed by atoms with E-state index >= 15 is 0 Å². The first kappa shape index (κ1) is 26.4. The molecule has 0 amide bonds. The monoisotopic (exact) mass is 464 g/mol. The maximum Gasteiger partial charge on any atom is 0.0721 e. The molecular weight excluding hydrogens is 424 g/mol. The standard InChI is InChI=1S/C34H40O/c1-3-5-10-29-15-17-30(18-16-29)11-6-7-12-31-19-21-32(22-20-31)13-8-9-14-33-23-25-34(26-24-33)28-35-27-4-2/h3-5,7,12,15-26H,2,6,8-11,13-14,27-28H2,1H3. The van der Waals surface area contributed by atoms with E-state index in [0.29, 0.717) is 13.2 Å². The summed E-state index contributed by atoms with van der Waals surface area (Å²) in [5.41, 5.74) is 8.12. The molecule has 182 valence electrons. The van der Waals surface area contributed by atoms with Crippen molar-refractivity contribution in [1.29, 1.82) is 0 Å². The summed E-state index contributed by atoms with van der Waals surface area (Å²) < 4.78 is 5.50. The van der Waals surface area contributed by atoms with E-state index in [1.807, 2.05) is 0 Å². The van der Waals surface area contributed by atoms with E-state index < -0.39 is 0 Å². The number of ether oxygens (including phenoxy) is 1. The van der Waals surface area contributed by atoms with Crippen LogP contribution in [0.5, 0.6) is 0 Å². The molecule has 0 bridgehead atoms. The van der Waals surface area contributed by atoms with Gasteiger partial charge in [-0.25, -0.2) is 0 Å². The number of unbranched alkanes of at least 4 members (excludes halogenated alkanes) is 1. The van der Waals surface area contributed by atoms with Gasteiger partial charge in [0.2, 0.25) is 0 Å². The van der Waals surface area contributed by atoms with Gasteiger partial charge in [0.05, 0.1) is 13.2 Å². The van der Waals surface area contributed by atoms with Crippen LogP contribution < -0.4 is 0 Å². The van der Waals surface area contributed by atoms with Crippen LogP contribution >= 0.6 is 0 Å². The highest BCUT2D eigenvalue weighted by atomic mass is 16.5. The minimum Gasteiger partial charge on any atom is -0.373 e. The zero-order valence-electron chi connectivity index (χ0n) is 21.3. The summed E-state index contributed by atoms with van der Waals surface area (Å²) in [5, 5.41) is 0. The van der Waals surface area contributed by atoms with Gasteiger partial charge < -0.3 is 4.74 Å². The molecule has 1 heteroatoms. The Kier molecular flexibility index (Phi) is 11.9. The highest BCUT2D eigenvalue weighted by Gasteiger charge is 1.98. The average Bonchev–Trinajstić information content (AvgIpc) is 2.90. The molecule has 0 aromatic heterocycles. The van der Waals surface area contributed by atoms with Crippen molar-refractivity contribution in [1.82, 2.24) is 0 Å². The van der Waals surface area contributed by atoms with Crippen LogP contribution in [0.3, 0.4) is 0 Å². The number of hydrogen-bond donors (Lipinski definition) is 0. The van der Waals surface area contributed by atoms with Crippen LogP contribution in [0.1, 0.15) is 59.6 Å². The van der Waals surface area contributed by atoms with Gasteiger partial charge in [0.1, 0.15) is 0 Å². The summed E-state index contributed by atoms with van der Waals surface area (Å²) in [6.07, 6.45) is 18.5. The first-order valence-corrected chi connectivity index (χ1v) is 13.0. The Morgan fingerprint density at radius 3 is 1.80 bits per heavy atom. The molecule has 0 heterocycles. The lowest BCUT2D eigenvalue weighted by atomic mass is 10.0. The molecule has 0 spiro atoms. The van der Waals surface area contributed by atoms with E-state index in [2.05, 4.69) is 111 Å². The quantitative estimate of drug-likeness (QED) is 0.161. The summed E-state index contributed by atoms with van der Waals surface area (Å²) in [5.74, 6) is 0. The predicted molar refractivity (Wildman–Crippen MR) is 152 cm³/mol. The van der Waals surface area contributed by atoms with Crippen molar-refractivity contribution in [3.63, 3.8) is 0 Å². The fraction of sp³-hybridized carbons (Fsp3) is 0.294. The molecule has 0 saturated heterocycles. The van der Waals surface area contributed by atoms with Gasteiger partial charge >= 0.3 is 0 Å². The van der Waals surface area contributed by atoms with Crippen LogP contribution in [0.4, 0.5) is 0 Å². The van der Waals surface area contributed by atoms with Gasteiger partial charge in [-0.2, -0.15) is 0 Å². The molecule has 35 heavy (non-hydrogen) atoms. The molecule has 3 rings (SSSR count). The summed E-state index contributed by atoms with van der Waals surface area (Å²) >= 11 is 0. The van der Waals surface area contributed by atoms with Gasteiger partial charge in [-0.1, -0.05) is 103 Å². The SMILES string of the molecule is C=CCOCc1ccc(CCCCc2ccc(C=CCCc3ccc(CC=CC)cc3)cc2)cc1. The van der Waals surface area contributed by atoms with Gasteiger partial charge in [0.25, 0.3) is 0 Å². The smallest absolute Gasteiger partial charge is 0.0721 e. The third-order valence-electron chi connectivity index (χ3n) is 6.21. The Hall–Kier alpha value is -3.16. The second kappa shape index (κ2) is 15.7. The van der Waals surface area contributed by atoms with Crippen LogP contribution in [0.2, 0.25) is 0 Å². The zero-order valence-corrected chi connectivity index (χ0v) is 21.3. The maximum absolute atomic E-state index is 5.50. The van der Waals surface area contributed by atoms with Crippen LogP contribution in [-0.2, 0) is 37.0 Å². The molecular formula is C34H40O. The van der Waals surface area contributed by atoms with Crippen molar-refractivity contribution in [3.8, 4) is 0 Å². The Morgan fingerprint density at radius 2 is 1.20 bits per heavy atom. The van der Waals surface area contributed by atoms with E-state index in [-0.39, 0.29) is 0 Å². The van der Waals surface area contributed by atoms with Crippen LogP contribution in [0, 0.1) is 0 Å². The number of benzene rings is 3. The van der Waals surface area contributed by atoms with Crippen molar-refractivity contribution >= 4 is 6.08 Å². The highest BCUT2D eigenvalue weighted by Crippen LogP contribution is 2.14. The van der Waals surface area contributed by atoms with Crippen molar-refractivity contribution in [2.75, 3.05) is 6.61 Å². The molecule has 3 aromatic rings. The van der Waals surface area contributed by atoms with Gasteiger partial charge in [0.15, 0.2) is 0 Å². The molecule has 1 nitrogen and oxygen atoms in total. The van der Waals surface area contributed by atoms with E-state index in [1.165, 1.54) is 46.2 Å². The molecule has 0 aliphatic rings. The molecule has 0 atom stereocenters. The summed E-state index contributed by atoms with van der Waals surface area (Å²) in [6, 6.07) is 26.9. The van der Waals surface area contributed by atoms with Crippen LogP contribution in [0.15, 0.2) is 104 Å². The molecule has 0 N–H and O–H groups in total. The van der Waals surface area contributed by atoms with Crippen molar-refractivity contribution in [2.24, 2.45) is 0 Å². The largest absolute Gasteiger partial charge is 0.373 e. The summed E-state index contributed by atoms with van der Waals surface area (Å²) in [4.78, 5) is 0. The predicted octanol–water partition coefficient (Wildman–Crippen LogP) is 8.72. The van der Waals surface area contributed by atoms with Gasteiger partial charge in [0, 0.05) is 0 Å². The van der Waals surface area contributed by atoms with E-state index in [4.69, 9.17) is 4.74 Å². The van der Waals surface area contributed by atoms with Crippen LogP contribution in [0.25, 0.3) is 6.08 Å². The van der Waals surface area contributed by atoms with Crippen molar-refractivity contribution in [3.05, 3.63) is 137 Å². The first-order chi connectivity index (χ1) is 17.3. The van der Waals surface area contributed by atoms with E-state index in [9.17, 15) is 0 Å². The Balaban J connectivity index is 1.32. The molecule has 3 aromatic carbocycles. The first-order valence-electron chi connectivity index (χ1n) is 13.0. The third kappa shape index (κ3) is 10.3. The number of rotatable bonds is 15. The summed E-state index contributed by atoms with van der Waals surface area (Å²) in [6.45, 7) is 7.00. The molecule has 0 radical (unpaired) electrons. The number of aryl methyl sites for hydroxylation is 3. The van der Waals surface area contributed by atoms with Gasteiger partial charge in [-0.05, 0) is 85.3 Å². The highest BCUT2D eigenvalue weighted by molar-refractivity contribution is 5.49. The van der Waals surface area contributed by atoms with Crippen molar-refractivity contribution < 1.29 is 4.74 Å². The third-order valence-corrected chi connectivity index (χ3v) is 6.21. The molecule has 0 fully saturated rings. The van der Waals surface area contributed by atoms with E-state index in [0.717, 1.165) is 32.1 Å². The molecule has 0 aliphatic carbocycles.